The fraction of sp³-hybridized carbons (Fsp3) is 0.727. The SMILES string of the molecule is Cc1nn(C)c(CC2(CN)CCCS2)c1Br. The number of aryl methyl sites for hydroxylation is 2. The van der Waals surface area contributed by atoms with Gasteiger partial charge in [0.25, 0.3) is 0 Å². The van der Waals surface area contributed by atoms with Gasteiger partial charge in [-0.3, -0.25) is 4.68 Å². The predicted molar refractivity (Wildman–Crippen MR) is 72.8 cm³/mol. The van der Waals surface area contributed by atoms with E-state index in [-0.39, 0.29) is 4.75 Å². The first-order chi connectivity index (χ1) is 7.58. The van der Waals surface area contributed by atoms with E-state index in [0.717, 1.165) is 23.1 Å². The number of halogens is 1. The Hall–Kier alpha value is -0.000000000000000111. The lowest BCUT2D eigenvalue weighted by Crippen LogP contribution is -2.35. The average Bonchev–Trinajstić information content (AvgIpc) is 2.81. The van der Waals surface area contributed by atoms with Gasteiger partial charge in [-0.25, -0.2) is 0 Å². The molecule has 0 spiro atoms. The fourth-order valence-corrected chi connectivity index (χ4v) is 4.15. The summed E-state index contributed by atoms with van der Waals surface area (Å²) in [5, 5.41) is 4.44. The zero-order chi connectivity index (χ0) is 11.8. The average molecular weight is 304 g/mol. The lowest BCUT2D eigenvalue weighted by molar-refractivity contribution is 0.539. The normalized spacial score (nSPS) is 25.2. The summed E-state index contributed by atoms with van der Waals surface area (Å²) in [6.45, 7) is 2.79. The maximum atomic E-state index is 5.96. The molecule has 1 atom stereocenters. The molecule has 90 valence electrons. The molecular weight excluding hydrogens is 286 g/mol. The van der Waals surface area contributed by atoms with E-state index >= 15 is 0 Å². The van der Waals surface area contributed by atoms with Crippen LogP contribution in [0.5, 0.6) is 0 Å². The smallest absolute Gasteiger partial charge is 0.0738 e. The van der Waals surface area contributed by atoms with Crippen molar-refractivity contribution in [1.82, 2.24) is 9.78 Å². The van der Waals surface area contributed by atoms with Crippen LogP contribution in [0.2, 0.25) is 0 Å². The largest absolute Gasteiger partial charge is 0.329 e. The van der Waals surface area contributed by atoms with Gasteiger partial charge in [-0.05, 0) is 41.4 Å². The van der Waals surface area contributed by atoms with Gasteiger partial charge in [-0.15, -0.1) is 0 Å². The number of nitrogens with two attached hydrogens (primary N) is 1. The van der Waals surface area contributed by atoms with Crippen LogP contribution in [0.4, 0.5) is 0 Å². The number of thioether (sulfide) groups is 1. The molecule has 1 saturated heterocycles. The van der Waals surface area contributed by atoms with E-state index in [2.05, 4.69) is 21.0 Å². The number of aromatic nitrogens is 2. The highest BCUT2D eigenvalue weighted by molar-refractivity contribution is 9.10. The van der Waals surface area contributed by atoms with E-state index in [4.69, 9.17) is 5.73 Å². The minimum Gasteiger partial charge on any atom is -0.329 e. The number of hydrogen-bond acceptors (Lipinski definition) is 3. The molecule has 0 aliphatic carbocycles. The van der Waals surface area contributed by atoms with Gasteiger partial charge in [0.05, 0.1) is 15.9 Å². The van der Waals surface area contributed by atoms with Crippen molar-refractivity contribution < 1.29 is 0 Å². The molecule has 16 heavy (non-hydrogen) atoms. The molecule has 1 unspecified atom stereocenters. The zero-order valence-corrected chi connectivity index (χ0v) is 12.2. The molecule has 2 N–H and O–H groups in total. The van der Waals surface area contributed by atoms with Crippen molar-refractivity contribution in [2.75, 3.05) is 12.3 Å². The molecule has 3 nitrogen and oxygen atoms in total. The summed E-state index contributed by atoms with van der Waals surface area (Å²) in [5.74, 6) is 1.24. The van der Waals surface area contributed by atoms with Crippen molar-refractivity contribution in [2.45, 2.75) is 30.9 Å². The van der Waals surface area contributed by atoms with Crippen LogP contribution in [0.1, 0.15) is 24.2 Å². The van der Waals surface area contributed by atoms with Gasteiger partial charge in [0.15, 0.2) is 0 Å². The molecule has 0 bridgehead atoms. The van der Waals surface area contributed by atoms with Crippen molar-refractivity contribution in [3.05, 3.63) is 15.9 Å². The number of hydrogen-bond donors (Lipinski definition) is 1. The highest BCUT2D eigenvalue weighted by Gasteiger charge is 2.35. The van der Waals surface area contributed by atoms with Crippen LogP contribution in [0.15, 0.2) is 4.47 Å². The zero-order valence-electron chi connectivity index (χ0n) is 9.79. The van der Waals surface area contributed by atoms with Gasteiger partial charge in [-0.2, -0.15) is 16.9 Å². The Morgan fingerprint density at radius 3 is 2.81 bits per heavy atom. The van der Waals surface area contributed by atoms with E-state index in [1.165, 1.54) is 24.3 Å². The van der Waals surface area contributed by atoms with Gasteiger partial charge in [-0.1, -0.05) is 0 Å². The second kappa shape index (κ2) is 4.70. The van der Waals surface area contributed by atoms with Gasteiger partial charge in [0.2, 0.25) is 0 Å². The maximum absolute atomic E-state index is 5.96. The maximum Gasteiger partial charge on any atom is 0.0738 e. The van der Waals surface area contributed by atoms with Crippen molar-refractivity contribution >= 4 is 27.7 Å². The second-order valence-electron chi connectivity index (χ2n) is 4.49. The summed E-state index contributed by atoms with van der Waals surface area (Å²) in [4.78, 5) is 0. The van der Waals surface area contributed by atoms with E-state index in [0.29, 0.717) is 0 Å². The van der Waals surface area contributed by atoms with E-state index < -0.39 is 0 Å². The van der Waals surface area contributed by atoms with Crippen LogP contribution in [-0.2, 0) is 13.5 Å². The van der Waals surface area contributed by atoms with Crippen molar-refractivity contribution in [1.29, 1.82) is 0 Å². The Bertz CT molecular complexity index is 383. The van der Waals surface area contributed by atoms with Crippen LogP contribution in [-0.4, -0.2) is 26.8 Å². The van der Waals surface area contributed by atoms with Gasteiger partial charge in [0.1, 0.15) is 0 Å². The first-order valence-electron chi connectivity index (χ1n) is 5.60. The Kier molecular flexibility index (Phi) is 3.66. The van der Waals surface area contributed by atoms with Crippen LogP contribution >= 0.6 is 27.7 Å². The van der Waals surface area contributed by atoms with Crippen molar-refractivity contribution in [3.63, 3.8) is 0 Å². The Morgan fingerprint density at radius 1 is 1.62 bits per heavy atom. The van der Waals surface area contributed by atoms with Gasteiger partial charge >= 0.3 is 0 Å². The van der Waals surface area contributed by atoms with Crippen LogP contribution < -0.4 is 5.73 Å². The van der Waals surface area contributed by atoms with E-state index in [1.807, 2.05) is 30.4 Å². The van der Waals surface area contributed by atoms with Crippen LogP contribution in [0, 0.1) is 6.92 Å². The highest BCUT2D eigenvalue weighted by atomic mass is 79.9. The second-order valence-corrected chi connectivity index (χ2v) is 6.84. The third kappa shape index (κ3) is 2.17. The molecule has 1 aliphatic heterocycles. The summed E-state index contributed by atoms with van der Waals surface area (Å²) in [5.41, 5.74) is 8.30. The van der Waals surface area contributed by atoms with E-state index in [9.17, 15) is 0 Å². The van der Waals surface area contributed by atoms with Crippen molar-refractivity contribution in [3.8, 4) is 0 Å². The number of nitrogens with zero attached hydrogens (tertiary/aromatic N) is 2. The van der Waals surface area contributed by atoms with Crippen LogP contribution in [0.25, 0.3) is 0 Å². The van der Waals surface area contributed by atoms with E-state index in [1.54, 1.807) is 0 Å². The fourth-order valence-electron chi connectivity index (χ4n) is 2.31. The molecule has 1 aromatic heterocycles. The van der Waals surface area contributed by atoms with Crippen LogP contribution in [0.3, 0.4) is 0 Å². The summed E-state index contributed by atoms with van der Waals surface area (Å²) >= 11 is 5.65. The molecular formula is C11H18BrN3S. The standard InChI is InChI=1S/C11H18BrN3S/c1-8-10(12)9(15(2)14-8)6-11(7-13)4-3-5-16-11/h3-7,13H2,1-2H3. The number of rotatable bonds is 3. The Morgan fingerprint density at radius 2 is 2.38 bits per heavy atom. The summed E-state index contributed by atoms with van der Waals surface area (Å²) in [6, 6.07) is 0. The monoisotopic (exact) mass is 303 g/mol. The third-order valence-electron chi connectivity index (χ3n) is 3.31. The predicted octanol–water partition coefficient (Wildman–Crippen LogP) is 2.26. The first-order valence-corrected chi connectivity index (χ1v) is 7.38. The first kappa shape index (κ1) is 12.5. The molecule has 2 rings (SSSR count). The Balaban J connectivity index is 2.25. The molecule has 1 aromatic rings. The molecule has 1 aliphatic rings. The summed E-state index contributed by atoms with van der Waals surface area (Å²) < 4.78 is 3.37. The Labute approximate surface area is 109 Å². The lowest BCUT2D eigenvalue weighted by Gasteiger charge is -2.26. The minimum absolute atomic E-state index is 0.239. The third-order valence-corrected chi connectivity index (χ3v) is 5.96. The molecule has 2 heterocycles. The molecule has 1 fully saturated rings. The molecule has 5 heteroatoms. The van der Waals surface area contributed by atoms with Crippen molar-refractivity contribution in [2.24, 2.45) is 12.8 Å². The minimum atomic E-state index is 0.239. The molecule has 0 amide bonds. The molecule has 0 radical (unpaired) electrons. The topological polar surface area (TPSA) is 43.8 Å². The van der Waals surface area contributed by atoms with Gasteiger partial charge in [0, 0.05) is 24.8 Å². The summed E-state index contributed by atoms with van der Waals surface area (Å²) in [6.07, 6.45) is 3.53. The van der Waals surface area contributed by atoms with Gasteiger partial charge < -0.3 is 5.73 Å². The quantitative estimate of drug-likeness (QED) is 0.931. The molecule has 0 aromatic carbocycles. The molecule has 0 saturated carbocycles. The lowest BCUT2D eigenvalue weighted by atomic mass is 9.97. The highest BCUT2D eigenvalue weighted by Crippen LogP contribution is 2.41. The summed E-state index contributed by atoms with van der Waals surface area (Å²) in [7, 11) is 2.01.